The molecule has 1 aromatic heterocycles. The molecule has 1 aromatic rings. The van der Waals surface area contributed by atoms with Crippen molar-refractivity contribution in [3.8, 4) is 0 Å². The Morgan fingerprint density at radius 2 is 2.10 bits per heavy atom. The third-order valence-corrected chi connectivity index (χ3v) is 3.84. The van der Waals surface area contributed by atoms with E-state index in [1.165, 1.54) is 12.8 Å². The van der Waals surface area contributed by atoms with Gasteiger partial charge >= 0.3 is 5.97 Å². The van der Waals surface area contributed by atoms with Crippen LogP contribution >= 0.6 is 0 Å². The van der Waals surface area contributed by atoms with E-state index >= 15 is 0 Å². The number of rotatable bonds is 6. The Kier molecular flexibility index (Phi) is 5.17. The highest BCUT2D eigenvalue weighted by molar-refractivity contribution is 5.70. The fraction of sp³-hybridized carbons (Fsp3) is 0.733. The minimum absolute atomic E-state index is 0.0847. The first-order valence-electron chi connectivity index (χ1n) is 7.54. The van der Waals surface area contributed by atoms with Gasteiger partial charge in [0, 0.05) is 12.2 Å². The first-order valence-corrected chi connectivity index (χ1v) is 7.54. The van der Waals surface area contributed by atoms with E-state index in [0.29, 0.717) is 19.1 Å². The van der Waals surface area contributed by atoms with Crippen LogP contribution in [0.1, 0.15) is 57.8 Å². The molecule has 1 fully saturated rings. The lowest BCUT2D eigenvalue weighted by molar-refractivity contribution is -0.144. The summed E-state index contributed by atoms with van der Waals surface area (Å²) in [6.07, 6.45) is 6.56. The van der Waals surface area contributed by atoms with Crippen molar-refractivity contribution in [2.75, 3.05) is 19.7 Å². The van der Waals surface area contributed by atoms with Gasteiger partial charge in [0.05, 0.1) is 31.1 Å². The van der Waals surface area contributed by atoms with E-state index in [1.807, 2.05) is 19.4 Å². The van der Waals surface area contributed by atoms with Crippen LogP contribution in [0.2, 0.25) is 0 Å². The molecule has 1 aliphatic rings. The van der Waals surface area contributed by atoms with Crippen LogP contribution in [-0.4, -0.2) is 40.1 Å². The van der Waals surface area contributed by atoms with Gasteiger partial charge in [-0.1, -0.05) is 0 Å². The van der Waals surface area contributed by atoms with E-state index < -0.39 is 0 Å². The van der Waals surface area contributed by atoms with Crippen LogP contribution in [0.15, 0.2) is 12.5 Å². The van der Waals surface area contributed by atoms with E-state index in [-0.39, 0.29) is 12.0 Å². The lowest BCUT2D eigenvalue weighted by atomic mass is 10.1. The molecule has 1 saturated heterocycles. The Morgan fingerprint density at radius 3 is 2.70 bits per heavy atom. The SMILES string of the molecule is CCOC(=O)CC(c1cncn1C(C)C)N1CCCC1. The second kappa shape index (κ2) is 6.88. The summed E-state index contributed by atoms with van der Waals surface area (Å²) < 4.78 is 7.29. The molecule has 0 N–H and O–H groups in total. The van der Waals surface area contributed by atoms with Crippen molar-refractivity contribution in [3.05, 3.63) is 18.2 Å². The van der Waals surface area contributed by atoms with Gasteiger partial charge < -0.3 is 9.30 Å². The average Bonchev–Trinajstić information content (AvgIpc) is 3.07. The predicted molar refractivity (Wildman–Crippen MR) is 77.4 cm³/mol. The van der Waals surface area contributed by atoms with Gasteiger partial charge in [0.25, 0.3) is 0 Å². The van der Waals surface area contributed by atoms with Crippen molar-refractivity contribution < 1.29 is 9.53 Å². The Hall–Kier alpha value is -1.36. The number of carbonyl (C=O) groups excluding carboxylic acids is 1. The number of hydrogen-bond donors (Lipinski definition) is 0. The van der Waals surface area contributed by atoms with Crippen molar-refractivity contribution in [2.45, 2.75) is 52.1 Å². The molecule has 0 radical (unpaired) electrons. The van der Waals surface area contributed by atoms with Crippen molar-refractivity contribution in [2.24, 2.45) is 0 Å². The number of hydrogen-bond acceptors (Lipinski definition) is 4. The van der Waals surface area contributed by atoms with Crippen LogP contribution in [0.4, 0.5) is 0 Å². The highest BCUT2D eigenvalue weighted by Gasteiger charge is 2.29. The molecule has 1 atom stereocenters. The summed E-state index contributed by atoms with van der Waals surface area (Å²) in [5.74, 6) is -0.124. The molecule has 5 heteroatoms. The Balaban J connectivity index is 2.20. The molecule has 5 nitrogen and oxygen atoms in total. The second-order valence-electron chi connectivity index (χ2n) is 5.59. The van der Waals surface area contributed by atoms with Crippen LogP contribution in [0, 0.1) is 0 Å². The fourth-order valence-corrected chi connectivity index (χ4v) is 2.86. The van der Waals surface area contributed by atoms with Gasteiger partial charge in [-0.15, -0.1) is 0 Å². The molecule has 0 aromatic carbocycles. The number of imidazole rings is 1. The molecule has 0 bridgehead atoms. The van der Waals surface area contributed by atoms with Gasteiger partial charge in [-0.25, -0.2) is 4.98 Å². The summed E-state index contributed by atoms with van der Waals surface area (Å²) in [7, 11) is 0. The van der Waals surface area contributed by atoms with E-state index in [9.17, 15) is 4.79 Å². The molecule has 2 heterocycles. The van der Waals surface area contributed by atoms with Crippen LogP contribution in [0.3, 0.4) is 0 Å². The second-order valence-corrected chi connectivity index (χ2v) is 5.59. The van der Waals surface area contributed by atoms with E-state index in [0.717, 1.165) is 18.8 Å². The summed E-state index contributed by atoms with van der Waals surface area (Å²) in [4.78, 5) is 18.6. The Bertz CT molecular complexity index is 436. The molecule has 2 rings (SSSR count). The third kappa shape index (κ3) is 3.39. The van der Waals surface area contributed by atoms with E-state index in [4.69, 9.17) is 4.74 Å². The molecular formula is C15H25N3O2. The first kappa shape index (κ1) is 15.0. The third-order valence-electron chi connectivity index (χ3n) is 3.84. The van der Waals surface area contributed by atoms with Crippen LogP contribution < -0.4 is 0 Å². The maximum Gasteiger partial charge on any atom is 0.307 e. The summed E-state index contributed by atoms with van der Waals surface area (Å²) in [6.45, 7) is 8.66. The number of esters is 1. The number of ether oxygens (including phenoxy) is 1. The maximum atomic E-state index is 11.9. The van der Waals surface area contributed by atoms with Gasteiger partial charge in [0.1, 0.15) is 0 Å². The molecule has 0 spiro atoms. The van der Waals surface area contributed by atoms with Crippen molar-refractivity contribution >= 4 is 5.97 Å². The Morgan fingerprint density at radius 1 is 1.40 bits per heavy atom. The summed E-state index contributed by atoms with van der Waals surface area (Å²) >= 11 is 0. The molecule has 1 unspecified atom stereocenters. The quantitative estimate of drug-likeness (QED) is 0.751. The lowest BCUT2D eigenvalue weighted by Gasteiger charge is -2.28. The zero-order valence-electron chi connectivity index (χ0n) is 12.7. The fourth-order valence-electron chi connectivity index (χ4n) is 2.86. The Labute approximate surface area is 120 Å². The highest BCUT2D eigenvalue weighted by Crippen LogP contribution is 2.29. The minimum atomic E-state index is -0.124. The van der Waals surface area contributed by atoms with Gasteiger partial charge in [-0.05, 0) is 46.7 Å². The molecular weight excluding hydrogens is 254 g/mol. The summed E-state index contributed by atoms with van der Waals surface area (Å²) in [6, 6.07) is 0.432. The monoisotopic (exact) mass is 279 g/mol. The largest absolute Gasteiger partial charge is 0.466 e. The van der Waals surface area contributed by atoms with Crippen LogP contribution in [0.5, 0.6) is 0 Å². The summed E-state index contributed by atoms with van der Waals surface area (Å²) in [5.41, 5.74) is 1.12. The first-order chi connectivity index (χ1) is 9.63. The predicted octanol–water partition coefficient (Wildman–Crippen LogP) is 2.55. The van der Waals surface area contributed by atoms with Crippen LogP contribution in [0.25, 0.3) is 0 Å². The molecule has 0 saturated carbocycles. The number of carbonyl (C=O) groups is 1. The lowest BCUT2D eigenvalue weighted by Crippen LogP contribution is -2.30. The zero-order chi connectivity index (χ0) is 14.5. The molecule has 0 aliphatic carbocycles. The molecule has 20 heavy (non-hydrogen) atoms. The van der Waals surface area contributed by atoms with Gasteiger partial charge in [-0.3, -0.25) is 9.69 Å². The van der Waals surface area contributed by atoms with E-state index in [2.05, 4.69) is 28.3 Å². The van der Waals surface area contributed by atoms with Crippen molar-refractivity contribution in [1.82, 2.24) is 14.5 Å². The minimum Gasteiger partial charge on any atom is -0.466 e. The highest BCUT2D eigenvalue weighted by atomic mass is 16.5. The van der Waals surface area contributed by atoms with E-state index in [1.54, 1.807) is 0 Å². The normalized spacial score (nSPS) is 17.6. The van der Waals surface area contributed by atoms with Crippen molar-refractivity contribution in [3.63, 3.8) is 0 Å². The topological polar surface area (TPSA) is 47.4 Å². The number of nitrogens with zero attached hydrogens (tertiary/aromatic N) is 3. The molecule has 112 valence electrons. The van der Waals surface area contributed by atoms with Gasteiger partial charge in [0.2, 0.25) is 0 Å². The van der Waals surface area contributed by atoms with Crippen molar-refractivity contribution in [1.29, 1.82) is 0 Å². The summed E-state index contributed by atoms with van der Waals surface area (Å²) in [5, 5.41) is 0. The number of aromatic nitrogens is 2. The molecule has 0 amide bonds. The zero-order valence-corrected chi connectivity index (χ0v) is 12.7. The van der Waals surface area contributed by atoms with Gasteiger partial charge in [-0.2, -0.15) is 0 Å². The smallest absolute Gasteiger partial charge is 0.307 e. The van der Waals surface area contributed by atoms with Gasteiger partial charge in [0.15, 0.2) is 0 Å². The van der Waals surface area contributed by atoms with Crippen LogP contribution in [-0.2, 0) is 9.53 Å². The average molecular weight is 279 g/mol. The standard InChI is InChI=1S/C15H25N3O2/c1-4-20-15(19)9-13(17-7-5-6-8-17)14-10-16-11-18(14)12(2)3/h10-13H,4-9H2,1-3H3. The molecule has 1 aliphatic heterocycles. The maximum absolute atomic E-state index is 11.9. The number of likely N-dealkylation sites (tertiary alicyclic amines) is 1.